The van der Waals surface area contributed by atoms with Crippen molar-refractivity contribution in [2.24, 2.45) is 0 Å². The number of amides is 1. The van der Waals surface area contributed by atoms with E-state index < -0.39 is 0 Å². The third-order valence-corrected chi connectivity index (χ3v) is 3.83. The molecule has 1 aliphatic rings. The summed E-state index contributed by atoms with van der Waals surface area (Å²) >= 11 is 3.45. The minimum atomic E-state index is -0.0200. The lowest BCUT2D eigenvalue weighted by molar-refractivity contribution is -0.124. The molecule has 1 heterocycles. The molecule has 0 aromatic heterocycles. The highest BCUT2D eigenvalue weighted by Gasteiger charge is 2.21. The zero-order valence-corrected chi connectivity index (χ0v) is 12.2. The Kier molecular flexibility index (Phi) is 4.78. The SMILES string of the molecule is C[C@H](NC(=O)C1CCCCN1)c1cccc(Br)c1. The van der Waals surface area contributed by atoms with Crippen molar-refractivity contribution in [2.45, 2.75) is 38.3 Å². The molecule has 1 aromatic rings. The summed E-state index contributed by atoms with van der Waals surface area (Å²) in [6, 6.07) is 8.07. The first-order chi connectivity index (χ1) is 8.66. The molecule has 18 heavy (non-hydrogen) atoms. The molecule has 1 aromatic carbocycles. The lowest BCUT2D eigenvalue weighted by Crippen LogP contribution is -2.47. The molecule has 1 unspecified atom stereocenters. The van der Waals surface area contributed by atoms with Gasteiger partial charge in [0.2, 0.25) is 5.91 Å². The summed E-state index contributed by atoms with van der Waals surface area (Å²) in [5, 5.41) is 6.34. The van der Waals surface area contributed by atoms with E-state index >= 15 is 0 Å². The second-order valence-electron chi connectivity index (χ2n) is 4.79. The fourth-order valence-corrected chi connectivity index (χ4v) is 2.67. The minimum absolute atomic E-state index is 0.0200. The Morgan fingerprint density at radius 2 is 2.33 bits per heavy atom. The standard InChI is InChI=1S/C14H19BrN2O/c1-10(11-5-4-6-12(15)9-11)17-14(18)13-7-2-3-8-16-13/h4-6,9-10,13,16H,2-3,7-8H2,1H3,(H,17,18)/t10-,13?/m0/s1. The highest BCUT2D eigenvalue weighted by Crippen LogP contribution is 2.18. The van der Waals surface area contributed by atoms with E-state index in [1.807, 2.05) is 31.2 Å². The Morgan fingerprint density at radius 3 is 3.00 bits per heavy atom. The van der Waals surface area contributed by atoms with Gasteiger partial charge in [-0.05, 0) is 44.0 Å². The van der Waals surface area contributed by atoms with Gasteiger partial charge in [0, 0.05) is 4.47 Å². The quantitative estimate of drug-likeness (QED) is 0.901. The molecule has 0 bridgehead atoms. The molecule has 1 saturated heterocycles. The predicted octanol–water partition coefficient (Wildman–Crippen LogP) is 2.77. The summed E-state index contributed by atoms with van der Waals surface area (Å²) in [5.74, 6) is 0.113. The summed E-state index contributed by atoms with van der Waals surface area (Å²) in [6.45, 7) is 2.96. The van der Waals surface area contributed by atoms with Crippen LogP contribution in [0.15, 0.2) is 28.7 Å². The molecule has 2 atom stereocenters. The second kappa shape index (κ2) is 6.34. The lowest BCUT2D eigenvalue weighted by Gasteiger charge is -2.24. The van der Waals surface area contributed by atoms with Gasteiger partial charge in [0.15, 0.2) is 0 Å². The summed E-state index contributed by atoms with van der Waals surface area (Å²) in [4.78, 5) is 12.1. The lowest BCUT2D eigenvalue weighted by atomic mass is 10.0. The molecular formula is C14H19BrN2O. The van der Waals surface area contributed by atoms with Crippen molar-refractivity contribution in [1.29, 1.82) is 0 Å². The van der Waals surface area contributed by atoms with E-state index in [1.54, 1.807) is 0 Å². The van der Waals surface area contributed by atoms with Gasteiger partial charge in [-0.1, -0.05) is 34.5 Å². The Morgan fingerprint density at radius 1 is 1.50 bits per heavy atom. The molecule has 0 radical (unpaired) electrons. The van der Waals surface area contributed by atoms with Gasteiger partial charge in [-0.25, -0.2) is 0 Å². The average Bonchev–Trinajstić information content (AvgIpc) is 2.39. The summed E-state index contributed by atoms with van der Waals surface area (Å²) < 4.78 is 1.04. The van der Waals surface area contributed by atoms with Gasteiger partial charge in [0.25, 0.3) is 0 Å². The molecule has 1 aliphatic heterocycles. The number of carbonyl (C=O) groups excluding carboxylic acids is 1. The number of hydrogen-bond donors (Lipinski definition) is 2. The van der Waals surface area contributed by atoms with E-state index in [-0.39, 0.29) is 18.0 Å². The number of hydrogen-bond acceptors (Lipinski definition) is 2. The second-order valence-corrected chi connectivity index (χ2v) is 5.70. The molecule has 4 heteroatoms. The number of halogens is 1. The van der Waals surface area contributed by atoms with E-state index in [4.69, 9.17) is 0 Å². The van der Waals surface area contributed by atoms with Crippen LogP contribution >= 0.6 is 15.9 Å². The number of rotatable bonds is 3. The summed E-state index contributed by atoms with van der Waals surface area (Å²) in [5.41, 5.74) is 1.12. The van der Waals surface area contributed by atoms with Crippen LogP contribution in [0.2, 0.25) is 0 Å². The van der Waals surface area contributed by atoms with Gasteiger partial charge in [0.1, 0.15) is 0 Å². The number of benzene rings is 1. The van der Waals surface area contributed by atoms with E-state index in [0.29, 0.717) is 0 Å². The predicted molar refractivity (Wildman–Crippen MR) is 76.3 cm³/mol. The summed E-state index contributed by atoms with van der Waals surface area (Å²) in [7, 11) is 0. The van der Waals surface area contributed by atoms with Crippen LogP contribution in [0.4, 0.5) is 0 Å². The third-order valence-electron chi connectivity index (χ3n) is 3.33. The molecule has 0 saturated carbocycles. The average molecular weight is 311 g/mol. The fraction of sp³-hybridized carbons (Fsp3) is 0.500. The smallest absolute Gasteiger partial charge is 0.237 e. The van der Waals surface area contributed by atoms with Crippen LogP contribution in [0.3, 0.4) is 0 Å². The van der Waals surface area contributed by atoms with Crippen molar-refractivity contribution in [3.05, 3.63) is 34.3 Å². The molecule has 2 rings (SSSR count). The molecule has 0 aliphatic carbocycles. The third kappa shape index (κ3) is 3.56. The van der Waals surface area contributed by atoms with E-state index in [0.717, 1.165) is 29.4 Å². The maximum Gasteiger partial charge on any atom is 0.237 e. The normalized spacial score (nSPS) is 21.3. The molecule has 0 spiro atoms. The number of nitrogens with one attached hydrogen (secondary N) is 2. The van der Waals surface area contributed by atoms with Crippen LogP contribution in [0.1, 0.15) is 37.8 Å². The molecular weight excluding hydrogens is 292 g/mol. The Hall–Kier alpha value is -0.870. The van der Waals surface area contributed by atoms with Crippen molar-refractivity contribution >= 4 is 21.8 Å². The monoisotopic (exact) mass is 310 g/mol. The zero-order chi connectivity index (χ0) is 13.0. The van der Waals surface area contributed by atoms with Crippen molar-refractivity contribution in [3.63, 3.8) is 0 Å². The minimum Gasteiger partial charge on any atom is -0.348 e. The molecule has 2 N–H and O–H groups in total. The van der Waals surface area contributed by atoms with Gasteiger partial charge >= 0.3 is 0 Å². The number of piperidine rings is 1. The fourth-order valence-electron chi connectivity index (χ4n) is 2.25. The van der Waals surface area contributed by atoms with E-state index in [1.165, 1.54) is 6.42 Å². The Bertz CT molecular complexity index is 416. The highest BCUT2D eigenvalue weighted by atomic mass is 79.9. The topological polar surface area (TPSA) is 41.1 Å². The van der Waals surface area contributed by atoms with Crippen molar-refractivity contribution < 1.29 is 4.79 Å². The first-order valence-electron chi connectivity index (χ1n) is 6.46. The molecule has 1 fully saturated rings. The van der Waals surface area contributed by atoms with E-state index in [9.17, 15) is 4.79 Å². The first-order valence-corrected chi connectivity index (χ1v) is 7.25. The Labute approximate surface area is 116 Å². The Balaban J connectivity index is 1.94. The van der Waals surface area contributed by atoms with Crippen LogP contribution in [-0.2, 0) is 4.79 Å². The molecule has 3 nitrogen and oxygen atoms in total. The van der Waals surface area contributed by atoms with Gasteiger partial charge in [0.05, 0.1) is 12.1 Å². The summed E-state index contributed by atoms with van der Waals surface area (Å²) in [6.07, 6.45) is 3.25. The van der Waals surface area contributed by atoms with Gasteiger partial charge in [-0.15, -0.1) is 0 Å². The maximum absolute atomic E-state index is 12.1. The highest BCUT2D eigenvalue weighted by molar-refractivity contribution is 9.10. The van der Waals surface area contributed by atoms with Crippen molar-refractivity contribution in [2.75, 3.05) is 6.54 Å². The molecule has 1 amide bonds. The van der Waals surface area contributed by atoms with Gasteiger partial charge in [-0.3, -0.25) is 4.79 Å². The van der Waals surface area contributed by atoms with Crippen molar-refractivity contribution in [1.82, 2.24) is 10.6 Å². The largest absolute Gasteiger partial charge is 0.348 e. The van der Waals surface area contributed by atoms with Gasteiger partial charge < -0.3 is 10.6 Å². The van der Waals surface area contributed by atoms with Crippen LogP contribution in [-0.4, -0.2) is 18.5 Å². The van der Waals surface area contributed by atoms with E-state index in [2.05, 4.69) is 26.6 Å². The van der Waals surface area contributed by atoms with Crippen LogP contribution in [0.25, 0.3) is 0 Å². The first kappa shape index (κ1) is 13.6. The van der Waals surface area contributed by atoms with Crippen LogP contribution < -0.4 is 10.6 Å². The number of carbonyl (C=O) groups is 1. The van der Waals surface area contributed by atoms with Gasteiger partial charge in [-0.2, -0.15) is 0 Å². The maximum atomic E-state index is 12.1. The van der Waals surface area contributed by atoms with Crippen LogP contribution in [0.5, 0.6) is 0 Å². The zero-order valence-electron chi connectivity index (χ0n) is 10.6. The van der Waals surface area contributed by atoms with Crippen LogP contribution in [0, 0.1) is 0 Å². The molecule has 98 valence electrons. The van der Waals surface area contributed by atoms with Crippen molar-refractivity contribution in [3.8, 4) is 0 Å².